The van der Waals surface area contributed by atoms with Gasteiger partial charge in [-0.3, -0.25) is 14.4 Å². The second-order valence-electron chi connectivity index (χ2n) is 4.94. The first kappa shape index (κ1) is 13.6. The fourth-order valence-corrected chi connectivity index (χ4v) is 2.27. The highest BCUT2D eigenvalue weighted by Gasteiger charge is 2.35. The predicted octanol–water partition coefficient (Wildman–Crippen LogP) is 0.500. The van der Waals surface area contributed by atoms with E-state index < -0.39 is 0 Å². The molecule has 2 rings (SSSR count). The first-order chi connectivity index (χ1) is 9.13. The minimum atomic E-state index is -0.129. The van der Waals surface area contributed by atoms with E-state index in [1.807, 2.05) is 23.9 Å². The number of carbonyl (C=O) groups is 1. The van der Waals surface area contributed by atoms with Gasteiger partial charge in [-0.25, -0.2) is 0 Å². The maximum atomic E-state index is 12.1. The lowest BCUT2D eigenvalue weighted by Crippen LogP contribution is -2.56. The van der Waals surface area contributed by atoms with Crippen molar-refractivity contribution < 1.29 is 4.79 Å². The lowest BCUT2D eigenvalue weighted by molar-refractivity contribution is -0.137. The molecule has 0 aromatic carbocycles. The maximum absolute atomic E-state index is 12.1. The number of carbonyl (C=O) groups excluding carboxylic acids is 1. The topological polar surface area (TPSA) is 65.2 Å². The van der Waals surface area contributed by atoms with Crippen molar-refractivity contribution in [1.29, 1.82) is 5.26 Å². The molecule has 1 aromatic rings. The van der Waals surface area contributed by atoms with E-state index in [1.165, 1.54) is 0 Å². The highest BCUT2D eigenvalue weighted by Crippen LogP contribution is 2.23. The van der Waals surface area contributed by atoms with Gasteiger partial charge in [0.2, 0.25) is 5.91 Å². The van der Waals surface area contributed by atoms with Gasteiger partial charge in [0, 0.05) is 39.1 Å². The summed E-state index contributed by atoms with van der Waals surface area (Å²) < 4.78 is 1.94. The van der Waals surface area contributed by atoms with Crippen LogP contribution in [0.3, 0.4) is 0 Å². The van der Waals surface area contributed by atoms with Crippen molar-refractivity contribution in [2.75, 3.05) is 26.7 Å². The molecule has 0 unspecified atom stereocenters. The highest BCUT2D eigenvalue weighted by atomic mass is 16.2. The van der Waals surface area contributed by atoms with Crippen LogP contribution in [0.5, 0.6) is 0 Å². The summed E-state index contributed by atoms with van der Waals surface area (Å²) in [6.45, 7) is 4.11. The number of rotatable bonds is 5. The molecule has 1 saturated heterocycles. The van der Waals surface area contributed by atoms with E-state index in [2.05, 4.69) is 16.1 Å². The smallest absolute Gasteiger partial charge is 0.239 e. The van der Waals surface area contributed by atoms with Crippen molar-refractivity contribution in [3.63, 3.8) is 0 Å². The van der Waals surface area contributed by atoms with E-state index in [0.29, 0.717) is 19.0 Å². The molecule has 1 aliphatic rings. The van der Waals surface area contributed by atoms with Crippen LogP contribution < -0.4 is 0 Å². The van der Waals surface area contributed by atoms with Crippen molar-refractivity contribution in [1.82, 2.24) is 19.6 Å². The largest absolute Gasteiger partial charge is 0.343 e. The number of aromatic nitrogens is 2. The van der Waals surface area contributed by atoms with Crippen molar-refractivity contribution in [3.8, 4) is 6.07 Å². The Bertz CT molecular complexity index is 458. The quantitative estimate of drug-likeness (QED) is 0.774. The second kappa shape index (κ2) is 5.85. The van der Waals surface area contributed by atoms with Gasteiger partial charge in [0.15, 0.2) is 0 Å². The molecular formula is C13H19N5O. The van der Waals surface area contributed by atoms with Crippen molar-refractivity contribution >= 4 is 5.91 Å². The number of nitriles is 1. The van der Waals surface area contributed by atoms with Crippen molar-refractivity contribution in [2.24, 2.45) is 0 Å². The van der Waals surface area contributed by atoms with Crippen LogP contribution in [0, 0.1) is 11.3 Å². The summed E-state index contributed by atoms with van der Waals surface area (Å²) in [5.41, 5.74) is 0. The minimum absolute atomic E-state index is 0.0779. The summed E-state index contributed by atoms with van der Waals surface area (Å²) in [5, 5.41) is 12.7. The van der Waals surface area contributed by atoms with E-state index in [9.17, 15) is 4.79 Å². The van der Waals surface area contributed by atoms with Gasteiger partial charge in [-0.15, -0.1) is 0 Å². The summed E-state index contributed by atoms with van der Waals surface area (Å²) in [4.78, 5) is 15.9. The van der Waals surface area contributed by atoms with Crippen LogP contribution in [0.2, 0.25) is 0 Å². The third kappa shape index (κ3) is 2.93. The van der Waals surface area contributed by atoms with Gasteiger partial charge in [-0.2, -0.15) is 10.4 Å². The van der Waals surface area contributed by atoms with Gasteiger partial charge in [0.1, 0.15) is 0 Å². The van der Waals surface area contributed by atoms with Gasteiger partial charge in [0.25, 0.3) is 0 Å². The fraction of sp³-hybridized carbons (Fsp3) is 0.615. The molecule has 0 spiro atoms. The van der Waals surface area contributed by atoms with Crippen LogP contribution >= 0.6 is 0 Å². The molecule has 102 valence electrons. The Morgan fingerprint density at radius 1 is 1.63 bits per heavy atom. The minimum Gasteiger partial charge on any atom is -0.343 e. The number of amides is 1. The molecule has 0 saturated carbocycles. The molecule has 0 aliphatic carbocycles. The Morgan fingerprint density at radius 2 is 2.37 bits per heavy atom. The van der Waals surface area contributed by atoms with Gasteiger partial charge in [0.05, 0.1) is 24.6 Å². The number of likely N-dealkylation sites (N-methyl/N-ethyl adjacent to an activating group) is 1. The molecule has 1 aliphatic heterocycles. The lowest BCUT2D eigenvalue weighted by Gasteiger charge is -2.43. The standard InChI is InChI=1S/C13H19N5O/c1-11(13(19)16(2)7-3-5-14)17-9-12(10-17)18-8-4-6-15-18/h4,6,8,11-12H,3,7,9-10H2,1-2H3/t11-/m0/s1. The molecule has 1 aromatic heterocycles. The first-order valence-corrected chi connectivity index (χ1v) is 6.48. The van der Waals surface area contributed by atoms with Crippen LogP contribution in [0.4, 0.5) is 0 Å². The average molecular weight is 261 g/mol. The fourth-order valence-electron chi connectivity index (χ4n) is 2.27. The molecule has 2 heterocycles. The van der Waals surface area contributed by atoms with Gasteiger partial charge in [-0.1, -0.05) is 0 Å². The van der Waals surface area contributed by atoms with E-state index in [-0.39, 0.29) is 11.9 Å². The molecule has 1 atom stereocenters. The third-order valence-corrected chi connectivity index (χ3v) is 3.63. The summed E-state index contributed by atoms with van der Waals surface area (Å²) in [7, 11) is 1.75. The van der Waals surface area contributed by atoms with Crippen molar-refractivity contribution in [2.45, 2.75) is 25.4 Å². The van der Waals surface area contributed by atoms with Crippen LogP contribution in [0.15, 0.2) is 18.5 Å². The normalized spacial score (nSPS) is 17.5. The molecule has 6 nitrogen and oxygen atoms in total. The Labute approximate surface area is 113 Å². The molecule has 1 fully saturated rings. The monoisotopic (exact) mass is 261 g/mol. The number of hydrogen-bond donors (Lipinski definition) is 0. The molecule has 6 heteroatoms. The Morgan fingerprint density at radius 3 is 2.95 bits per heavy atom. The zero-order chi connectivity index (χ0) is 13.8. The number of likely N-dealkylation sites (tertiary alicyclic amines) is 1. The van der Waals surface area contributed by atoms with Crippen LogP contribution in [0.1, 0.15) is 19.4 Å². The molecule has 0 N–H and O–H groups in total. The summed E-state index contributed by atoms with van der Waals surface area (Å²) >= 11 is 0. The molecule has 0 bridgehead atoms. The zero-order valence-electron chi connectivity index (χ0n) is 11.4. The van der Waals surface area contributed by atoms with Crippen LogP contribution in [-0.2, 0) is 4.79 Å². The van der Waals surface area contributed by atoms with Gasteiger partial charge in [-0.05, 0) is 13.0 Å². The first-order valence-electron chi connectivity index (χ1n) is 6.48. The predicted molar refractivity (Wildman–Crippen MR) is 70.2 cm³/mol. The van der Waals surface area contributed by atoms with E-state index in [4.69, 9.17) is 5.26 Å². The average Bonchev–Trinajstić information content (AvgIpc) is 2.86. The number of nitrogens with zero attached hydrogens (tertiary/aromatic N) is 5. The molecule has 19 heavy (non-hydrogen) atoms. The van der Waals surface area contributed by atoms with E-state index >= 15 is 0 Å². The maximum Gasteiger partial charge on any atom is 0.239 e. The van der Waals surface area contributed by atoms with Crippen LogP contribution in [0.25, 0.3) is 0 Å². The molecule has 0 radical (unpaired) electrons. The second-order valence-corrected chi connectivity index (χ2v) is 4.94. The third-order valence-electron chi connectivity index (χ3n) is 3.63. The lowest BCUT2D eigenvalue weighted by atomic mass is 10.1. The van der Waals surface area contributed by atoms with E-state index in [0.717, 1.165) is 13.1 Å². The Balaban J connectivity index is 1.81. The van der Waals surface area contributed by atoms with Gasteiger partial charge >= 0.3 is 0 Å². The van der Waals surface area contributed by atoms with Crippen LogP contribution in [-0.4, -0.2) is 58.2 Å². The summed E-state index contributed by atoms with van der Waals surface area (Å²) in [6, 6.07) is 4.21. The summed E-state index contributed by atoms with van der Waals surface area (Å²) in [6.07, 6.45) is 4.10. The Hall–Kier alpha value is -1.87. The van der Waals surface area contributed by atoms with Crippen molar-refractivity contribution in [3.05, 3.63) is 18.5 Å². The molecular weight excluding hydrogens is 242 g/mol. The van der Waals surface area contributed by atoms with Gasteiger partial charge < -0.3 is 4.90 Å². The summed E-state index contributed by atoms with van der Waals surface area (Å²) in [5.74, 6) is 0.0779. The zero-order valence-corrected chi connectivity index (χ0v) is 11.4. The van der Waals surface area contributed by atoms with E-state index in [1.54, 1.807) is 18.1 Å². The number of hydrogen-bond acceptors (Lipinski definition) is 4. The Kier molecular flexibility index (Phi) is 4.17. The highest BCUT2D eigenvalue weighted by molar-refractivity contribution is 5.81. The molecule has 1 amide bonds. The SMILES string of the molecule is C[C@@H](C(=O)N(C)CCC#N)N1CC(n2cccn2)C1.